The van der Waals surface area contributed by atoms with E-state index in [-0.39, 0.29) is 5.91 Å². The first-order chi connectivity index (χ1) is 10.8. The smallest absolute Gasteiger partial charge is 0.253 e. The largest absolute Gasteiger partial charge is 0.493 e. The van der Waals surface area contributed by atoms with E-state index >= 15 is 0 Å². The van der Waals surface area contributed by atoms with E-state index in [1.54, 1.807) is 0 Å². The molecule has 4 nitrogen and oxygen atoms in total. The van der Waals surface area contributed by atoms with E-state index in [0.29, 0.717) is 0 Å². The zero-order valence-electron chi connectivity index (χ0n) is 13.5. The van der Waals surface area contributed by atoms with Crippen molar-refractivity contribution >= 4 is 5.91 Å². The molecule has 2 aliphatic rings. The molecule has 1 aromatic carbocycles. The normalized spacial score (nSPS) is 19.8. The summed E-state index contributed by atoms with van der Waals surface area (Å²) in [6.07, 6.45) is 3.64. The van der Waals surface area contributed by atoms with Crippen molar-refractivity contribution in [2.24, 2.45) is 5.92 Å². The predicted molar refractivity (Wildman–Crippen MR) is 87.3 cm³/mol. The lowest BCUT2D eigenvalue weighted by Crippen LogP contribution is -2.35. The van der Waals surface area contributed by atoms with E-state index in [9.17, 15) is 4.79 Å². The molecule has 3 rings (SSSR count). The molecule has 0 spiro atoms. The van der Waals surface area contributed by atoms with E-state index in [2.05, 4.69) is 11.8 Å². The molecule has 0 bridgehead atoms. The Morgan fingerprint density at radius 1 is 1.14 bits per heavy atom. The number of hydrogen-bond donors (Lipinski definition) is 0. The third-order valence-corrected chi connectivity index (χ3v) is 4.61. The minimum atomic E-state index is 0.145. The minimum absolute atomic E-state index is 0.145. The van der Waals surface area contributed by atoms with Crippen molar-refractivity contribution < 1.29 is 9.53 Å². The van der Waals surface area contributed by atoms with Gasteiger partial charge < -0.3 is 14.5 Å². The first kappa shape index (κ1) is 15.3. The van der Waals surface area contributed by atoms with Crippen LogP contribution in [0.5, 0.6) is 5.75 Å². The first-order valence-electron chi connectivity index (χ1n) is 8.50. The van der Waals surface area contributed by atoms with E-state index in [1.807, 2.05) is 29.2 Å². The van der Waals surface area contributed by atoms with Gasteiger partial charge in [-0.25, -0.2) is 0 Å². The maximum Gasteiger partial charge on any atom is 0.253 e. The van der Waals surface area contributed by atoms with Crippen molar-refractivity contribution in [3.8, 4) is 5.75 Å². The van der Waals surface area contributed by atoms with Crippen LogP contribution in [0.1, 0.15) is 36.5 Å². The fourth-order valence-corrected chi connectivity index (χ4v) is 2.87. The molecule has 4 heteroatoms. The predicted octanol–water partition coefficient (Wildman–Crippen LogP) is 2.64. The van der Waals surface area contributed by atoms with Gasteiger partial charge in [-0.2, -0.15) is 0 Å². The van der Waals surface area contributed by atoms with Gasteiger partial charge in [-0.1, -0.05) is 6.92 Å². The van der Waals surface area contributed by atoms with Gasteiger partial charge in [0.05, 0.1) is 6.61 Å². The van der Waals surface area contributed by atoms with Gasteiger partial charge in [0.1, 0.15) is 5.75 Å². The van der Waals surface area contributed by atoms with Crippen molar-refractivity contribution in [1.82, 2.24) is 9.80 Å². The SMILES string of the molecule is CCN1CCCN(C(=O)c2ccc(OCC3CC3)cc2)CC1. The Hall–Kier alpha value is -1.55. The maximum atomic E-state index is 12.6. The van der Waals surface area contributed by atoms with Gasteiger partial charge in [0.15, 0.2) is 0 Å². The lowest BCUT2D eigenvalue weighted by molar-refractivity contribution is 0.0761. The number of carbonyl (C=O) groups excluding carboxylic acids is 1. The Morgan fingerprint density at radius 2 is 1.91 bits per heavy atom. The fourth-order valence-electron chi connectivity index (χ4n) is 2.87. The number of hydrogen-bond acceptors (Lipinski definition) is 3. The molecule has 1 aromatic rings. The van der Waals surface area contributed by atoms with Crippen molar-refractivity contribution in [3.05, 3.63) is 29.8 Å². The second-order valence-electron chi connectivity index (χ2n) is 6.36. The van der Waals surface area contributed by atoms with E-state index in [0.717, 1.165) is 63.0 Å². The molecule has 1 heterocycles. The summed E-state index contributed by atoms with van der Waals surface area (Å²) in [5, 5.41) is 0. The summed E-state index contributed by atoms with van der Waals surface area (Å²) < 4.78 is 5.73. The lowest BCUT2D eigenvalue weighted by atomic mass is 10.2. The van der Waals surface area contributed by atoms with Crippen LogP contribution in [0.15, 0.2) is 24.3 Å². The van der Waals surface area contributed by atoms with Crippen molar-refractivity contribution in [1.29, 1.82) is 0 Å². The number of rotatable bonds is 5. The molecule has 22 heavy (non-hydrogen) atoms. The van der Waals surface area contributed by atoms with Gasteiger partial charge in [0.2, 0.25) is 0 Å². The van der Waals surface area contributed by atoms with E-state index in [1.165, 1.54) is 12.8 Å². The Morgan fingerprint density at radius 3 is 2.59 bits per heavy atom. The standard InChI is InChI=1S/C18H26N2O2/c1-2-19-10-3-11-20(13-12-19)18(21)16-6-8-17(9-7-16)22-14-15-4-5-15/h6-9,15H,2-5,10-14H2,1H3. The number of benzene rings is 1. The fraction of sp³-hybridized carbons (Fsp3) is 0.611. The van der Waals surface area contributed by atoms with Crippen LogP contribution in [0.4, 0.5) is 0 Å². The number of ether oxygens (including phenoxy) is 1. The Balaban J connectivity index is 1.56. The average molecular weight is 302 g/mol. The lowest BCUT2D eigenvalue weighted by Gasteiger charge is -2.21. The first-order valence-corrected chi connectivity index (χ1v) is 8.50. The number of carbonyl (C=O) groups is 1. The maximum absolute atomic E-state index is 12.6. The van der Waals surface area contributed by atoms with Gasteiger partial charge in [-0.15, -0.1) is 0 Å². The number of amides is 1. The zero-order valence-corrected chi connectivity index (χ0v) is 13.5. The van der Waals surface area contributed by atoms with Gasteiger partial charge in [0.25, 0.3) is 5.91 Å². The van der Waals surface area contributed by atoms with Crippen LogP contribution in [-0.4, -0.2) is 55.0 Å². The highest BCUT2D eigenvalue weighted by molar-refractivity contribution is 5.94. The Labute approximate surface area is 133 Å². The second-order valence-corrected chi connectivity index (χ2v) is 6.36. The number of likely N-dealkylation sites (N-methyl/N-ethyl adjacent to an activating group) is 1. The van der Waals surface area contributed by atoms with Crippen LogP contribution in [-0.2, 0) is 0 Å². The van der Waals surface area contributed by atoms with Gasteiger partial charge >= 0.3 is 0 Å². The van der Waals surface area contributed by atoms with Crippen molar-refractivity contribution in [2.75, 3.05) is 39.3 Å². The molecule has 0 radical (unpaired) electrons. The molecule has 1 saturated carbocycles. The van der Waals surface area contributed by atoms with Crippen molar-refractivity contribution in [3.63, 3.8) is 0 Å². The molecule has 1 aliphatic heterocycles. The molecule has 1 saturated heterocycles. The summed E-state index contributed by atoms with van der Waals surface area (Å²) in [6, 6.07) is 7.64. The van der Waals surface area contributed by atoms with E-state index in [4.69, 9.17) is 4.74 Å². The highest BCUT2D eigenvalue weighted by Crippen LogP contribution is 2.29. The minimum Gasteiger partial charge on any atom is -0.493 e. The van der Waals surface area contributed by atoms with E-state index < -0.39 is 0 Å². The van der Waals surface area contributed by atoms with Gasteiger partial charge in [-0.05, 0) is 62.5 Å². The molecule has 0 aromatic heterocycles. The molecule has 2 fully saturated rings. The molecule has 0 N–H and O–H groups in total. The third kappa shape index (κ3) is 4.01. The van der Waals surface area contributed by atoms with Crippen molar-refractivity contribution in [2.45, 2.75) is 26.2 Å². The molecule has 120 valence electrons. The highest BCUT2D eigenvalue weighted by Gasteiger charge is 2.22. The Bertz CT molecular complexity index is 496. The molecular formula is C18H26N2O2. The summed E-state index contributed by atoms with van der Waals surface area (Å²) in [7, 11) is 0. The average Bonchev–Trinajstić information content (AvgIpc) is 3.39. The summed E-state index contributed by atoms with van der Waals surface area (Å²) >= 11 is 0. The Kier molecular flexibility index (Phi) is 4.98. The van der Waals surface area contributed by atoms with Crippen LogP contribution in [0.3, 0.4) is 0 Å². The van der Waals surface area contributed by atoms with Crippen LogP contribution in [0, 0.1) is 5.92 Å². The van der Waals surface area contributed by atoms with Crippen LogP contribution >= 0.6 is 0 Å². The molecule has 1 amide bonds. The summed E-state index contributed by atoms with van der Waals surface area (Å²) in [6.45, 7) is 7.81. The number of nitrogens with zero attached hydrogens (tertiary/aromatic N) is 2. The molecule has 1 aliphatic carbocycles. The zero-order chi connectivity index (χ0) is 15.4. The topological polar surface area (TPSA) is 32.8 Å². The van der Waals surface area contributed by atoms with Crippen LogP contribution in [0.25, 0.3) is 0 Å². The third-order valence-electron chi connectivity index (χ3n) is 4.61. The van der Waals surface area contributed by atoms with Gasteiger partial charge in [-0.3, -0.25) is 4.79 Å². The summed E-state index contributed by atoms with van der Waals surface area (Å²) in [5.74, 6) is 1.77. The summed E-state index contributed by atoms with van der Waals surface area (Å²) in [5.41, 5.74) is 0.767. The van der Waals surface area contributed by atoms with Crippen LogP contribution in [0.2, 0.25) is 0 Å². The summed E-state index contributed by atoms with van der Waals surface area (Å²) in [4.78, 5) is 17.0. The monoisotopic (exact) mass is 302 g/mol. The highest BCUT2D eigenvalue weighted by atomic mass is 16.5. The molecule has 0 atom stereocenters. The molecular weight excluding hydrogens is 276 g/mol. The quantitative estimate of drug-likeness (QED) is 0.838. The molecule has 0 unspecified atom stereocenters. The van der Waals surface area contributed by atoms with Gasteiger partial charge in [0, 0.05) is 25.2 Å². The van der Waals surface area contributed by atoms with Crippen LogP contribution < -0.4 is 4.74 Å². The second kappa shape index (κ2) is 7.14.